The molecule has 4 heteroatoms. The van der Waals surface area contributed by atoms with Gasteiger partial charge in [0.2, 0.25) is 0 Å². The average molecular weight is 391 g/mol. The van der Waals surface area contributed by atoms with Crippen molar-refractivity contribution in [2.45, 2.75) is 96.8 Å². The molecule has 4 nitrogen and oxygen atoms in total. The SMILES string of the molecule is CCCCCCCCCCCCCCN(CCCc1ccc(O)cc1)C(N)=O. The zero-order chi connectivity index (χ0) is 20.5. The summed E-state index contributed by atoms with van der Waals surface area (Å²) < 4.78 is 0. The molecule has 0 fully saturated rings. The van der Waals surface area contributed by atoms with Crippen LogP contribution in [-0.2, 0) is 6.42 Å². The van der Waals surface area contributed by atoms with Gasteiger partial charge in [0.1, 0.15) is 5.75 Å². The van der Waals surface area contributed by atoms with Crippen LogP contribution in [0.3, 0.4) is 0 Å². The molecular weight excluding hydrogens is 348 g/mol. The Hall–Kier alpha value is -1.71. The number of phenolic OH excluding ortho intramolecular Hbond substituents is 1. The van der Waals surface area contributed by atoms with E-state index in [0.717, 1.165) is 25.8 Å². The van der Waals surface area contributed by atoms with Gasteiger partial charge in [-0.15, -0.1) is 0 Å². The zero-order valence-corrected chi connectivity index (χ0v) is 18.0. The molecule has 0 saturated heterocycles. The second-order valence-electron chi connectivity index (χ2n) is 7.98. The van der Waals surface area contributed by atoms with Gasteiger partial charge in [0.25, 0.3) is 0 Å². The van der Waals surface area contributed by atoms with Crippen molar-refractivity contribution in [3.05, 3.63) is 29.8 Å². The third-order valence-corrected chi connectivity index (χ3v) is 5.42. The van der Waals surface area contributed by atoms with Crippen LogP contribution in [0.4, 0.5) is 4.79 Å². The molecule has 3 N–H and O–H groups in total. The van der Waals surface area contributed by atoms with Gasteiger partial charge in [-0.3, -0.25) is 0 Å². The lowest BCUT2D eigenvalue weighted by atomic mass is 10.1. The highest BCUT2D eigenvalue weighted by Gasteiger charge is 2.08. The van der Waals surface area contributed by atoms with Crippen LogP contribution in [0.25, 0.3) is 0 Å². The summed E-state index contributed by atoms with van der Waals surface area (Å²) in [5, 5.41) is 9.31. The van der Waals surface area contributed by atoms with Gasteiger partial charge in [0, 0.05) is 13.1 Å². The van der Waals surface area contributed by atoms with E-state index in [-0.39, 0.29) is 11.8 Å². The topological polar surface area (TPSA) is 66.6 Å². The number of unbranched alkanes of at least 4 members (excludes halogenated alkanes) is 11. The summed E-state index contributed by atoms with van der Waals surface area (Å²) >= 11 is 0. The van der Waals surface area contributed by atoms with Gasteiger partial charge in [-0.2, -0.15) is 0 Å². The molecule has 0 aliphatic rings. The van der Waals surface area contributed by atoms with Crippen LogP contribution >= 0.6 is 0 Å². The summed E-state index contributed by atoms with van der Waals surface area (Å²) in [6, 6.07) is 6.94. The molecule has 0 radical (unpaired) electrons. The van der Waals surface area contributed by atoms with Gasteiger partial charge in [0.15, 0.2) is 0 Å². The molecule has 2 amide bonds. The molecule has 28 heavy (non-hydrogen) atoms. The molecule has 1 aromatic rings. The maximum absolute atomic E-state index is 11.6. The number of phenols is 1. The van der Waals surface area contributed by atoms with Crippen molar-refractivity contribution in [3.63, 3.8) is 0 Å². The summed E-state index contributed by atoms with van der Waals surface area (Å²) in [7, 11) is 0. The largest absolute Gasteiger partial charge is 0.508 e. The molecule has 0 aliphatic carbocycles. The maximum atomic E-state index is 11.6. The minimum atomic E-state index is -0.311. The van der Waals surface area contributed by atoms with Crippen molar-refractivity contribution in [2.75, 3.05) is 13.1 Å². The van der Waals surface area contributed by atoms with Crippen molar-refractivity contribution < 1.29 is 9.90 Å². The van der Waals surface area contributed by atoms with E-state index < -0.39 is 0 Å². The Morgan fingerprint density at radius 2 is 1.25 bits per heavy atom. The number of aromatic hydroxyl groups is 1. The van der Waals surface area contributed by atoms with Crippen LogP contribution in [-0.4, -0.2) is 29.1 Å². The monoisotopic (exact) mass is 390 g/mol. The number of nitrogens with zero attached hydrogens (tertiary/aromatic N) is 1. The normalized spacial score (nSPS) is 10.9. The number of hydrogen-bond donors (Lipinski definition) is 2. The van der Waals surface area contributed by atoms with E-state index >= 15 is 0 Å². The van der Waals surface area contributed by atoms with Gasteiger partial charge in [-0.1, -0.05) is 89.7 Å². The number of amides is 2. The van der Waals surface area contributed by atoms with E-state index in [1.165, 1.54) is 76.2 Å². The van der Waals surface area contributed by atoms with Gasteiger partial charge < -0.3 is 15.7 Å². The van der Waals surface area contributed by atoms with Gasteiger partial charge in [0.05, 0.1) is 0 Å². The number of urea groups is 1. The highest BCUT2D eigenvalue weighted by atomic mass is 16.3. The minimum absolute atomic E-state index is 0.287. The number of carbonyl (C=O) groups is 1. The number of aryl methyl sites for hydroxylation is 1. The third kappa shape index (κ3) is 12.6. The van der Waals surface area contributed by atoms with E-state index in [9.17, 15) is 9.90 Å². The number of carbonyl (C=O) groups excluding carboxylic acids is 1. The molecule has 0 atom stereocenters. The quantitative estimate of drug-likeness (QED) is 0.302. The van der Waals surface area contributed by atoms with Crippen LogP contribution in [0.2, 0.25) is 0 Å². The molecule has 0 saturated carbocycles. The first-order valence-corrected chi connectivity index (χ1v) is 11.5. The number of nitrogens with two attached hydrogens (primary N) is 1. The summed E-state index contributed by atoms with van der Waals surface area (Å²) in [5.74, 6) is 0.287. The Morgan fingerprint density at radius 1 is 0.786 bits per heavy atom. The highest BCUT2D eigenvalue weighted by molar-refractivity contribution is 5.71. The second kappa shape index (κ2) is 16.3. The molecule has 0 aromatic heterocycles. The Bertz CT molecular complexity index is 502. The third-order valence-electron chi connectivity index (χ3n) is 5.42. The van der Waals surface area contributed by atoms with E-state index in [4.69, 9.17) is 5.73 Å². The lowest BCUT2D eigenvalue weighted by molar-refractivity contribution is 0.205. The lowest BCUT2D eigenvalue weighted by Crippen LogP contribution is -2.37. The molecule has 0 spiro atoms. The van der Waals surface area contributed by atoms with Crippen LogP contribution in [0, 0.1) is 0 Å². The standard InChI is InChI=1S/C24H42N2O2/c1-2-3-4-5-6-7-8-9-10-11-12-13-20-26(24(25)28)21-14-15-22-16-18-23(27)19-17-22/h16-19,27H,2-15,20-21H2,1H3,(H2,25,28). The van der Waals surface area contributed by atoms with Crippen LogP contribution in [0.5, 0.6) is 5.75 Å². The molecule has 1 rings (SSSR count). The molecule has 0 unspecified atom stereocenters. The summed E-state index contributed by atoms with van der Waals surface area (Å²) in [6.07, 6.45) is 17.6. The van der Waals surface area contributed by atoms with Crippen LogP contribution in [0.15, 0.2) is 24.3 Å². The van der Waals surface area contributed by atoms with E-state index in [2.05, 4.69) is 6.92 Å². The molecule has 0 heterocycles. The number of primary amides is 1. The van der Waals surface area contributed by atoms with Crippen molar-refractivity contribution in [1.29, 1.82) is 0 Å². The fourth-order valence-electron chi connectivity index (χ4n) is 3.61. The van der Waals surface area contributed by atoms with Gasteiger partial charge in [-0.05, 0) is 37.0 Å². The van der Waals surface area contributed by atoms with Crippen molar-refractivity contribution >= 4 is 6.03 Å². The highest BCUT2D eigenvalue weighted by Crippen LogP contribution is 2.13. The first-order valence-electron chi connectivity index (χ1n) is 11.5. The Morgan fingerprint density at radius 3 is 1.75 bits per heavy atom. The number of benzene rings is 1. The predicted octanol–water partition coefficient (Wildman–Crippen LogP) is 6.41. The zero-order valence-electron chi connectivity index (χ0n) is 18.0. The van der Waals surface area contributed by atoms with Gasteiger partial charge in [-0.25, -0.2) is 4.79 Å². The smallest absolute Gasteiger partial charge is 0.314 e. The molecule has 1 aromatic carbocycles. The van der Waals surface area contributed by atoms with Crippen molar-refractivity contribution in [2.24, 2.45) is 5.73 Å². The Labute approximate surface area is 172 Å². The summed E-state index contributed by atoms with van der Waals surface area (Å²) in [5.41, 5.74) is 6.70. The van der Waals surface area contributed by atoms with Crippen molar-refractivity contribution in [3.8, 4) is 5.75 Å². The molecule has 160 valence electrons. The summed E-state index contributed by atoms with van der Waals surface area (Å²) in [6.45, 7) is 3.73. The Kier molecular flexibility index (Phi) is 14.1. The fourth-order valence-corrected chi connectivity index (χ4v) is 3.61. The lowest BCUT2D eigenvalue weighted by Gasteiger charge is -2.20. The van der Waals surface area contributed by atoms with Gasteiger partial charge >= 0.3 is 6.03 Å². The fraction of sp³-hybridized carbons (Fsp3) is 0.708. The Balaban J connectivity index is 2.00. The van der Waals surface area contributed by atoms with Crippen LogP contribution < -0.4 is 5.73 Å². The summed E-state index contributed by atoms with van der Waals surface area (Å²) in [4.78, 5) is 13.4. The van der Waals surface area contributed by atoms with E-state index in [1.807, 2.05) is 12.1 Å². The molecular formula is C24H42N2O2. The number of rotatable bonds is 17. The maximum Gasteiger partial charge on any atom is 0.314 e. The molecule has 0 aliphatic heterocycles. The minimum Gasteiger partial charge on any atom is -0.508 e. The van der Waals surface area contributed by atoms with Crippen molar-refractivity contribution in [1.82, 2.24) is 4.90 Å². The molecule has 0 bridgehead atoms. The first-order chi connectivity index (χ1) is 13.6. The van der Waals surface area contributed by atoms with E-state index in [1.54, 1.807) is 17.0 Å². The van der Waals surface area contributed by atoms with E-state index in [0.29, 0.717) is 6.54 Å². The van der Waals surface area contributed by atoms with Crippen LogP contribution in [0.1, 0.15) is 96.0 Å². The first kappa shape index (κ1) is 24.3. The number of hydrogen-bond acceptors (Lipinski definition) is 2. The second-order valence-corrected chi connectivity index (χ2v) is 7.98. The predicted molar refractivity (Wildman–Crippen MR) is 119 cm³/mol. The average Bonchev–Trinajstić information content (AvgIpc) is 2.68.